The molecular formula is C22H20BrFN6O4. The maximum absolute atomic E-state index is 14.5. The van der Waals surface area contributed by atoms with E-state index in [1.165, 1.54) is 10.8 Å². The third-order valence-electron chi connectivity index (χ3n) is 6.60. The average Bonchev–Trinajstić information content (AvgIpc) is 3.38. The Morgan fingerprint density at radius 1 is 1.26 bits per heavy atom. The number of aliphatic hydroxyl groups is 2. The van der Waals surface area contributed by atoms with E-state index in [2.05, 4.69) is 30.9 Å². The molecule has 1 aromatic carbocycles. The van der Waals surface area contributed by atoms with Crippen LogP contribution in [0.1, 0.15) is 19.1 Å². The zero-order chi connectivity index (χ0) is 23.8. The standard InChI is InChI=1S/C22H20BrFN6O4/c23-12-5-9-1-2-10(6-14(9)28-18(12)25)33-15-3-4-22(32)16(31)20(34-17(15)22)30-8-13(24)11-7-27-21(26)29-19(11)30/h1-2,5-8,15-17,20,31-32H,3-4H2,(H2,25,28)(H2,26,27,29)/t15-,16-,17+,20+,22-/m0/s1. The van der Waals surface area contributed by atoms with E-state index in [0.29, 0.717) is 28.0 Å². The molecule has 12 heteroatoms. The van der Waals surface area contributed by atoms with Crippen molar-refractivity contribution in [3.63, 3.8) is 0 Å². The van der Waals surface area contributed by atoms with Crippen LogP contribution in [0.2, 0.25) is 0 Å². The third kappa shape index (κ3) is 3.13. The number of nitrogens with two attached hydrogens (primary N) is 2. The summed E-state index contributed by atoms with van der Waals surface area (Å²) in [4.78, 5) is 12.3. The van der Waals surface area contributed by atoms with Gasteiger partial charge in [-0.2, -0.15) is 4.98 Å². The molecule has 6 N–H and O–H groups in total. The number of ether oxygens (including phenoxy) is 2. The molecule has 3 aromatic heterocycles. The summed E-state index contributed by atoms with van der Waals surface area (Å²) >= 11 is 3.37. The van der Waals surface area contributed by atoms with E-state index in [1.54, 1.807) is 12.1 Å². The summed E-state index contributed by atoms with van der Waals surface area (Å²) in [7, 11) is 0. The van der Waals surface area contributed by atoms with Crippen molar-refractivity contribution in [2.45, 2.75) is 43.0 Å². The summed E-state index contributed by atoms with van der Waals surface area (Å²) < 4.78 is 28.7. The molecule has 4 heterocycles. The first-order valence-electron chi connectivity index (χ1n) is 10.6. The minimum Gasteiger partial charge on any atom is -0.488 e. The summed E-state index contributed by atoms with van der Waals surface area (Å²) in [5, 5.41) is 23.3. The number of rotatable bonds is 3. The van der Waals surface area contributed by atoms with Crippen molar-refractivity contribution in [1.29, 1.82) is 0 Å². The van der Waals surface area contributed by atoms with E-state index in [1.807, 2.05) is 12.1 Å². The van der Waals surface area contributed by atoms with Crippen molar-refractivity contribution in [2.75, 3.05) is 11.5 Å². The lowest BCUT2D eigenvalue weighted by atomic mass is 9.94. The molecule has 1 aliphatic heterocycles. The average molecular weight is 531 g/mol. The van der Waals surface area contributed by atoms with Gasteiger partial charge in [0, 0.05) is 23.8 Å². The molecule has 0 radical (unpaired) electrons. The van der Waals surface area contributed by atoms with E-state index in [9.17, 15) is 14.6 Å². The fourth-order valence-electron chi connectivity index (χ4n) is 4.90. The molecule has 0 spiro atoms. The van der Waals surface area contributed by atoms with Gasteiger partial charge >= 0.3 is 0 Å². The minimum atomic E-state index is -1.58. The molecule has 0 unspecified atom stereocenters. The Balaban J connectivity index is 1.31. The van der Waals surface area contributed by atoms with Crippen molar-refractivity contribution in [1.82, 2.24) is 19.5 Å². The molecule has 2 fully saturated rings. The minimum absolute atomic E-state index is 0.0444. The highest BCUT2D eigenvalue weighted by Gasteiger charge is 2.63. The predicted octanol–water partition coefficient (Wildman–Crippen LogP) is 2.28. The van der Waals surface area contributed by atoms with Gasteiger partial charge in [-0.15, -0.1) is 0 Å². The summed E-state index contributed by atoms with van der Waals surface area (Å²) in [5.41, 5.74) is 10.8. The lowest BCUT2D eigenvalue weighted by molar-refractivity contribution is -0.0791. The van der Waals surface area contributed by atoms with Crippen LogP contribution in [0.25, 0.3) is 21.9 Å². The van der Waals surface area contributed by atoms with Crippen molar-refractivity contribution in [3.8, 4) is 5.75 Å². The van der Waals surface area contributed by atoms with Crippen LogP contribution in [-0.4, -0.2) is 53.6 Å². The van der Waals surface area contributed by atoms with Gasteiger partial charge in [0.2, 0.25) is 5.95 Å². The van der Waals surface area contributed by atoms with E-state index < -0.39 is 36.0 Å². The van der Waals surface area contributed by atoms with Crippen molar-refractivity contribution in [3.05, 3.63) is 46.9 Å². The molecule has 0 bridgehead atoms. The Morgan fingerprint density at radius 3 is 2.91 bits per heavy atom. The second-order valence-electron chi connectivity index (χ2n) is 8.64. The van der Waals surface area contributed by atoms with Gasteiger partial charge in [-0.3, -0.25) is 0 Å². The number of halogens is 2. The smallest absolute Gasteiger partial charge is 0.221 e. The van der Waals surface area contributed by atoms with E-state index >= 15 is 0 Å². The molecule has 1 saturated carbocycles. The first-order chi connectivity index (χ1) is 16.2. The van der Waals surface area contributed by atoms with Gasteiger partial charge in [0.05, 0.1) is 15.4 Å². The Labute approximate surface area is 200 Å². The summed E-state index contributed by atoms with van der Waals surface area (Å²) in [6.07, 6.45) is -0.715. The highest BCUT2D eigenvalue weighted by molar-refractivity contribution is 9.10. The number of aliphatic hydroxyl groups excluding tert-OH is 1. The number of fused-ring (bicyclic) bond motifs is 3. The molecule has 0 amide bonds. The van der Waals surface area contributed by atoms with Crippen molar-refractivity contribution >= 4 is 49.6 Å². The third-order valence-corrected chi connectivity index (χ3v) is 7.24. The number of nitrogen functional groups attached to an aromatic ring is 2. The molecule has 10 nitrogen and oxygen atoms in total. The normalized spacial score (nSPS) is 28.6. The number of anilines is 2. The fraction of sp³-hybridized carbons (Fsp3) is 0.318. The molecule has 1 aliphatic carbocycles. The van der Waals surface area contributed by atoms with Gasteiger partial charge in [0.1, 0.15) is 35.5 Å². The molecule has 2 aliphatic rings. The van der Waals surface area contributed by atoms with Gasteiger partial charge in [0.15, 0.2) is 17.7 Å². The molecule has 176 valence electrons. The Bertz CT molecular complexity index is 1450. The van der Waals surface area contributed by atoms with Crippen LogP contribution in [-0.2, 0) is 4.74 Å². The number of benzene rings is 1. The van der Waals surface area contributed by atoms with Gasteiger partial charge in [0.25, 0.3) is 0 Å². The molecule has 5 atom stereocenters. The maximum atomic E-state index is 14.5. The largest absolute Gasteiger partial charge is 0.488 e. The van der Waals surface area contributed by atoms with Gasteiger partial charge in [-0.1, -0.05) is 0 Å². The second-order valence-corrected chi connectivity index (χ2v) is 9.49. The molecule has 1 saturated heterocycles. The van der Waals surface area contributed by atoms with Gasteiger partial charge in [-0.25, -0.2) is 14.4 Å². The van der Waals surface area contributed by atoms with Crippen molar-refractivity contribution in [2.24, 2.45) is 0 Å². The first-order valence-corrected chi connectivity index (χ1v) is 11.4. The maximum Gasteiger partial charge on any atom is 0.221 e. The zero-order valence-corrected chi connectivity index (χ0v) is 19.2. The number of aromatic nitrogens is 4. The summed E-state index contributed by atoms with van der Waals surface area (Å²) in [6, 6.07) is 7.27. The second kappa shape index (κ2) is 7.47. The number of pyridine rings is 1. The Hall–Kier alpha value is -3.06. The number of hydrogen-bond donors (Lipinski definition) is 4. The van der Waals surface area contributed by atoms with Crippen LogP contribution in [0.4, 0.5) is 16.2 Å². The zero-order valence-electron chi connectivity index (χ0n) is 17.6. The summed E-state index contributed by atoms with van der Waals surface area (Å²) in [5.74, 6) is 0.255. The Kier molecular flexibility index (Phi) is 4.72. The highest BCUT2D eigenvalue weighted by atomic mass is 79.9. The lowest BCUT2D eigenvalue weighted by Crippen LogP contribution is -2.47. The Morgan fingerprint density at radius 2 is 2.09 bits per heavy atom. The lowest BCUT2D eigenvalue weighted by Gasteiger charge is -2.26. The highest BCUT2D eigenvalue weighted by Crippen LogP contribution is 2.48. The molecule has 4 aromatic rings. The van der Waals surface area contributed by atoms with Crippen molar-refractivity contribution < 1.29 is 24.1 Å². The summed E-state index contributed by atoms with van der Waals surface area (Å²) in [6.45, 7) is 0. The van der Waals surface area contributed by atoms with E-state index in [-0.39, 0.29) is 23.4 Å². The van der Waals surface area contributed by atoms with E-state index in [4.69, 9.17) is 20.9 Å². The van der Waals surface area contributed by atoms with Crippen LogP contribution in [0, 0.1) is 5.82 Å². The quantitative estimate of drug-likeness (QED) is 0.312. The van der Waals surface area contributed by atoms with Crippen LogP contribution in [0.5, 0.6) is 5.75 Å². The first kappa shape index (κ1) is 21.5. The van der Waals surface area contributed by atoms with Crippen LogP contribution < -0.4 is 16.2 Å². The molecule has 6 rings (SSSR count). The fourth-order valence-corrected chi connectivity index (χ4v) is 5.24. The number of nitrogens with zero attached hydrogens (tertiary/aromatic N) is 4. The monoisotopic (exact) mass is 530 g/mol. The molecule has 34 heavy (non-hydrogen) atoms. The number of hydrogen-bond acceptors (Lipinski definition) is 9. The van der Waals surface area contributed by atoms with Crippen LogP contribution >= 0.6 is 15.9 Å². The van der Waals surface area contributed by atoms with Crippen LogP contribution in [0.3, 0.4) is 0 Å². The predicted molar refractivity (Wildman–Crippen MR) is 124 cm³/mol. The topological polar surface area (TPSA) is 155 Å². The van der Waals surface area contributed by atoms with Gasteiger partial charge in [-0.05, 0) is 47.0 Å². The van der Waals surface area contributed by atoms with E-state index in [0.717, 1.165) is 11.6 Å². The molecular weight excluding hydrogens is 511 g/mol. The SMILES string of the molecule is Nc1ncc2c(F)cn([C@@H]3O[C@@H]4[C@@H](Oc5ccc6cc(Br)c(N)nc6c5)CC[C@]4(O)[C@H]3O)c2n1. The van der Waals surface area contributed by atoms with Crippen LogP contribution in [0.15, 0.2) is 41.1 Å². The van der Waals surface area contributed by atoms with Gasteiger partial charge < -0.3 is 35.7 Å².